The van der Waals surface area contributed by atoms with Crippen LogP contribution in [0.25, 0.3) is 0 Å². The minimum Gasteiger partial charge on any atom is -0.334 e. The average Bonchev–Trinajstić information content (AvgIpc) is 2.95. The van der Waals surface area contributed by atoms with Gasteiger partial charge in [-0.1, -0.05) is 53.5 Å². The first kappa shape index (κ1) is 19.2. The van der Waals surface area contributed by atoms with Crippen LogP contribution in [-0.2, 0) is 16.3 Å². The molecule has 2 aromatic carbocycles. The molecule has 0 aromatic heterocycles. The Kier molecular flexibility index (Phi) is 5.90. The van der Waals surface area contributed by atoms with Crippen LogP contribution in [0.2, 0.25) is 10.0 Å². The Labute approximate surface area is 163 Å². The maximum atomic E-state index is 13.1. The molecule has 0 saturated carbocycles. The summed E-state index contributed by atoms with van der Waals surface area (Å²) in [5, 5.41) is 0.721. The van der Waals surface area contributed by atoms with Gasteiger partial charge in [0.05, 0.1) is 22.1 Å². The van der Waals surface area contributed by atoms with Gasteiger partial charge in [0.15, 0.2) is 9.84 Å². The van der Waals surface area contributed by atoms with Crippen molar-refractivity contribution in [3.8, 4) is 0 Å². The molecule has 1 amide bonds. The lowest BCUT2D eigenvalue weighted by molar-refractivity contribution is 0.0699. The van der Waals surface area contributed by atoms with E-state index < -0.39 is 9.84 Å². The van der Waals surface area contributed by atoms with Gasteiger partial charge in [0.1, 0.15) is 0 Å². The van der Waals surface area contributed by atoms with Gasteiger partial charge in [0.2, 0.25) is 0 Å². The van der Waals surface area contributed by atoms with E-state index in [1.54, 1.807) is 17.0 Å². The fourth-order valence-corrected chi connectivity index (χ4v) is 5.40. The van der Waals surface area contributed by atoms with Crippen molar-refractivity contribution >= 4 is 38.9 Å². The Morgan fingerprint density at radius 3 is 2.46 bits per heavy atom. The van der Waals surface area contributed by atoms with Crippen molar-refractivity contribution < 1.29 is 13.2 Å². The number of carbonyl (C=O) groups excluding carboxylic acids is 1. The number of sulfone groups is 1. The number of benzene rings is 2. The molecule has 4 nitrogen and oxygen atoms in total. The molecule has 26 heavy (non-hydrogen) atoms. The maximum absolute atomic E-state index is 13.1. The maximum Gasteiger partial charge on any atom is 0.255 e. The monoisotopic (exact) mass is 411 g/mol. The highest BCUT2D eigenvalue weighted by molar-refractivity contribution is 7.91. The van der Waals surface area contributed by atoms with E-state index in [1.807, 2.05) is 30.3 Å². The largest absolute Gasteiger partial charge is 0.334 e. The van der Waals surface area contributed by atoms with Crippen molar-refractivity contribution in [1.29, 1.82) is 0 Å². The van der Waals surface area contributed by atoms with Crippen molar-refractivity contribution in [1.82, 2.24) is 4.90 Å². The normalized spacial score (nSPS) is 18.6. The zero-order valence-corrected chi connectivity index (χ0v) is 16.4. The molecular formula is C19H19Cl2NO3S. The second kappa shape index (κ2) is 7.99. The number of hydrogen-bond donors (Lipinski definition) is 0. The topological polar surface area (TPSA) is 54.5 Å². The van der Waals surface area contributed by atoms with Gasteiger partial charge in [-0.05, 0) is 36.6 Å². The summed E-state index contributed by atoms with van der Waals surface area (Å²) in [7, 11) is -3.10. The molecule has 0 bridgehead atoms. The zero-order valence-electron chi connectivity index (χ0n) is 14.1. The Balaban J connectivity index is 1.85. The molecule has 0 spiro atoms. The fourth-order valence-electron chi connectivity index (χ4n) is 3.18. The van der Waals surface area contributed by atoms with Crippen LogP contribution in [-0.4, -0.2) is 43.3 Å². The highest BCUT2D eigenvalue weighted by Crippen LogP contribution is 2.26. The lowest BCUT2D eigenvalue weighted by atomic mass is 10.1. The van der Waals surface area contributed by atoms with Crippen LogP contribution in [0.5, 0.6) is 0 Å². The van der Waals surface area contributed by atoms with Crippen molar-refractivity contribution in [3.63, 3.8) is 0 Å². The van der Waals surface area contributed by atoms with Crippen LogP contribution in [0, 0.1) is 0 Å². The molecule has 1 saturated heterocycles. The number of amides is 1. The number of carbonyl (C=O) groups is 1. The van der Waals surface area contributed by atoms with Crippen LogP contribution in [0.3, 0.4) is 0 Å². The van der Waals surface area contributed by atoms with Gasteiger partial charge in [0, 0.05) is 17.6 Å². The molecule has 1 aliphatic rings. The highest BCUT2D eigenvalue weighted by atomic mass is 35.5. The Hall–Kier alpha value is -1.56. The van der Waals surface area contributed by atoms with E-state index >= 15 is 0 Å². The number of rotatable bonds is 5. The standard InChI is InChI=1S/C19H19Cl2NO3S/c20-15-6-7-17(18(21)12-15)19(23)22(16-9-11-26(24,25)13-16)10-8-14-4-2-1-3-5-14/h1-7,12,16H,8-11,13H2. The van der Waals surface area contributed by atoms with Crippen molar-refractivity contribution in [2.45, 2.75) is 18.9 Å². The molecule has 3 rings (SSSR count). The Morgan fingerprint density at radius 2 is 1.85 bits per heavy atom. The van der Waals surface area contributed by atoms with Crippen LogP contribution >= 0.6 is 23.2 Å². The first-order valence-electron chi connectivity index (χ1n) is 8.36. The molecule has 1 fully saturated rings. The van der Waals surface area contributed by atoms with Gasteiger partial charge in [-0.15, -0.1) is 0 Å². The summed E-state index contributed by atoms with van der Waals surface area (Å²) in [6.07, 6.45) is 1.10. The van der Waals surface area contributed by atoms with Gasteiger partial charge in [0.25, 0.3) is 5.91 Å². The summed E-state index contributed by atoms with van der Waals surface area (Å²) in [5.41, 5.74) is 1.43. The van der Waals surface area contributed by atoms with E-state index in [4.69, 9.17) is 23.2 Å². The van der Waals surface area contributed by atoms with Crippen molar-refractivity contribution in [2.75, 3.05) is 18.1 Å². The van der Waals surface area contributed by atoms with Gasteiger partial charge < -0.3 is 4.90 Å². The molecule has 2 aromatic rings. The highest BCUT2D eigenvalue weighted by Gasteiger charge is 2.35. The van der Waals surface area contributed by atoms with Gasteiger partial charge in [-0.25, -0.2) is 8.42 Å². The summed E-state index contributed by atoms with van der Waals surface area (Å²) in [6.45, 7) is 0.433. The number of nitrogens with zero attached hydrogens (tertiary/aromatic N) is 1. The summed E-state index contributed by atoms with van der Waals surface area (Å²) in [4.78, 5) is 14.7. The van der Waals surface area contributed by atoms with E-state index in [-0.39, 0.29) is 28.5 Å². The molecule has 0 N–H and O–H groups in total. The minimum absolute atomic E-state index is 0.00125. The average molecular weight is 412 g/mol. The zero-order chi connectivity index (χ0) is 18.7. The van der Waals surface area contributed by atoms with Crippen LogP contribution in [0.4, 0.5) is 0 Å². The van der Waals surface area contributed by atoms with E-state index in [0.717, 1.165) is 5.56 Å². The van der Waals surface area contributed by atoms with E-state index in [9.17, 15) is 13.2 Å². The Morgan fingerprint density at radius 1 is 1.12 bits per heavy atom. The molecule has 1 unspecified atom stereocenters. The van der Waals surface area contributed by atoms with Crippen LogP contribution in [0.1, 0.15) is 22.3 Å². The third-order valence-corrected chi connectivity index (χ3v) is 6.85. The Bertz CT molecular complexity index is 900. The first-order valence-corrected chi connectivity index (χ1v) is 10.9. The van der Waals surface area contributed by atoms with Crippen LogP contribution < -0.4 is 0 Å². The minimum atomic E-state index is -3.10. The summed E-state index contributed by atoms with van der Waals surface area (Å²) < 4.78 is 23.8. The number of hydrogen-bond acceptors (Lipinski definition) is 3. The molecule has 1 aliphatic heterocycles. The third kappa shape index (κ3) is 4.58. The molecular weight excluding hydrogens is 393 g/mol. The smallest absolute Gasteiger partial charge is 0.255 e. The first-order chi connectivity index (χ1) is 12.4. The molecule has 138 valence electrons. The van der Waals surface area contributed by atoms with Gasteiger partial charge >= 0.3 is 0 Å². The van der Waals surface area contributed by atoms with E-state index in [1.165, 1.54) is 6.07 Å². The number of halogens is 2. The second-order valence-corrected chi connectivity index (χ2v) is 9.49. The lowest BCUT2D eigenvalue weighted by Gasteiger charge is -2.29. The summed E-state index contributed by atoms with van der Waals surface area (Å²) in [6, 6.07) is 14.2. The van der Waals surface area contributed by atoms with Crippen LogP contribution in [0.15, 0.2) is 48.5 Å². The molecule has 1 heterocycles. The van der Waals surface area contributed by atoms with E-state index in [0.29, 0.717) is 30.0 Å². The van der Waals surface area contributed by atoms with E-state index in [2.05, 4.69) is 0 Å². The predicted octanol–water partition coefficient (Wildman–Crippen LogP) is 3.87. The predicted molar refractivity (Wildman–Crippen MR) is 105 cm³/mol. The molecule has 0 radical (unpaired) electrons. The fraction of sp³-hybridized carbons (Fsp3) is 0.316. The quantitative estimate of drug-likeness (QED) is 0.750. The molecule has 0 aliphatic carbocycles. The summed E-state index contributed by atoms with van der Waals surface area (Å²) >= 11 is 12.1. The second-order valence-electron chi connectivity index (χ2n) is 6.42. The van der Waals surface area contributed by atoms with Gasteiger partial charge in [-0.3, -0.25) is 4.79 Å². The molecule has 7 heteroatoms. The SMILES string of the molecule is O=C(c1ccc(Cl)cc1Cl)N(CCc1ccccc1)C1CCS(=O)(=O)C1. The summed E-state index contributed by atoms with van der Waals surface area (Å²) in [5.74, 6) is -0.149. The molecule has 1 atom stereocenters. The van der Waals surface area contributed by atoms with Crippen molar-refractivity contribution in [2.24, 2.45) is 0 Å². The lowest BCUT2D eigenvalue weighted by Crippen LogP contribution is -2.42. The third-order valence-electron chi connectivity index (χ3n) is 4.56. The van der Waals surface area contributed by atoms with Gasteiger partial charge in [-0.2, -0.15) is 0 Å². The van der Waals surface area contributed by atoms with Crippen molar-refractivity contribution in [3.05, 3.63) is 69.7 Å².